The van der Waals surface area contributed by atoms with E-state index in [1.165, 1.54) is 11.8 Å². The molecular weight excluding hydrogens is 404 g/mol. The minimum Gasteiger partial charge on any atom is -0.315 e. The number of nitrogens with zero attached hydrogens (tertiary/aromatic N) is 2. The number of benzene rings is 2. The Morgan fingerprint density at radius 1 is 1.10 bits per heavy atom. The van der Waals surface area contributed by atoms with Crippen LogP contribution in [-0.2, 0) is 21.1 Å². The first-order valence-corrected chi connectivity index (χ1v) is 12.4. The second-order valence-electron chi connectivity index (χ2n) is 7.66. The van der Waals surface area contributed by atoms with Gasteiger partial charge < -0.3 is 4.90 Å². The van der Waals surface area contributed by atoms with Crippen LogP contribution in [0.25, 0.3) is 0 Å². The molecule has 2 aromatic carbocycles. The minimum absolute atomic E-state index is 0.0828. The van der Waals surface area contributed by atoms with Crippen molar-refractivity contribution in [2.45, 2.75) is 38.0 Å². The highest BCUT2D eigenvalue weighted by Crippen LogP contribution is 2.42. The zero-order valence-corrected chi connectivity index (χ0v) is 18.2. The molecule has 0 radical (unpaired) electrons. The summed E-state index contributed by atoms with van der Waals surface area (Å²) in [6.45, 7) is 4.06. The predicted octanol–water partition coefficient (Wildman–Crippen LogP) is 3.54. The maximum absolute atomic E-state index is 12.6. The highest BCUT2D eigenvalue weighted by atomic mass is 32.2. The predicted molar refractivity (Wildman–Crippen MR) is 119 cm³/mol. The molecule has 2 heterocycles. The van der Waals surface area contributed by atoms with Crippen LogP contribution in [0.15, 0.2) is 53.5 Å². The third kappa shape index (κ3) is 4.26. The number of amides is 1. The van der Waals surface area contributed by atoms with Crippen LogP contribution in [0.4, 0.5) is 5.69 Å². The largest absolute Gasteiger partial charge is 0.315 e. The van der Waals surface area contributed by atoms with Gasteiger partial charge in [0.15, 0.2) is 15.0 Å². The lowest BCUT2D eigenvalue weighted by molar-refractivity contribution is -0.117. The summed E-state index contributed by atoms with van der Waals surface area (Å²) in [5.74, 6) is 0.0745. The molecule has 4 rings (SSSR count). The van der Waals surface area contributed by atoms with Gasteiger partial charge in [0.1, 0.15) is 0 Å². The first-order valence-electron chi connectivity index (χ1n) is 9.72. The molecule has 2 saturated heterocycles. The first kappa shape index (κ1) is 20.2. The van der Waals surface area contributed by atoms with Gasteiger partial charge >= 0.3 is 0 Å². The van der Waals surface area contributed by atoms with Gasteiger partial charge in [0, 0.05) is 17.4 Å². The second-order valence-corrected chi connectivity index (χ2v) is 11.0. The molecule has 0 unspecified atom stereocenters. The van der Waals surface area contributed by atoms with Crippen LogP contribution in [-0.4, -0.2) is 42.3 Å². The Hall–Kier alpha value is -2.12. The molecule has 2 fully saturated rings. The van der Waals surface area contributed by atoms with Crippen molar-refractivity contribution in [3.63, 3.8) is 0 Å². The molecule has 0 aromatic heterocycles. The van der Waals surface area contributed by atoms with E-state index < -0.39 is 9.84 Å². The number of hydrogen-bond acceptors (Lipinski definition) is 4. The summed E-state index contributed by atoms with van der Waals surface area (Å²) in [6, 6.07) is 15.7. The van der Waals surface area contributed by atoms with Crippen LogP contribution in [0.5, 0.6) is 0 Å². The number of fused-ring (bicyclic) bond motifs is 1. The fourth-order valence-corrected chi connectivity index (χ4v) is 7.83. The Labute approximate surface area is 176 Å². The van der Waals surface area contributed by atoms with Crippen LogP contribution in [0.1, 0.15) is 23.1 Å². The number of aryl methyl sites for hydroxylation is 2. The number of rotatable bonds is 4. The third-order valence-electron chi connectivity index (χ3n) is 5.59. The molecule has 1 amide bonds. The van der Waals surface area contributed by atoms with Crippen LogP contribution < -0.4 is 4.90 Å². The summed E-state index contributed by atoms with van der Waals surface area (Å²) >= 11 is 1.43. The maximum Gasteiger partial charge on any atom is 0.248 e. The number of amidine groups is 1. The molecule has 0 bridgehead atoms. The molecule has 0 N–H and O–H groups in total. The average molecular weight is 429 g/mol. The number of anilines is 1. The van der Waals surface area contributed by atoms with E-state index in [1.54, 1.807) is 0 Å². The van der Waals surface area contributed by atoms with Crippen molar-refractivity contribution in [1.82, 2.24) is 0 Å². The monoisotopic (exact) mass is 428 g/mol. The van der Waals surface area contributed by atoms with Crippen LogP contribution in [0.3, 0.4) is 0 Å². The molecule has 5 nitrogen and oxygen atoms in total. The van der Waals surface area contributed by atoms with E-state index >= 15 is 0 Å². The Morgan fingerprint density at radius 3 is 2.62 bits per heavy atom. The molecular formula is C22H24N2O3S2. The number of carbonyl (C=O) groups excluding carboxylic acids is 1. The molecule has 152 valence electrons. The topological polar surface area (TPSA) is 66.8 Å². The van der Waals surface area contributed by atoms with Crippen molar-refractivity contribution in [3.05, 3.63) is 65.2 Å². The third-order valence-corrected chi connectivity index (χ3v) is 8.80. The van der Waals surface area contributed by atoms with Crippen molar-refractivity contribution in [1.29, 1.82) is 0 Å². The van der Waals surface area contributed by atoms with E-state index in [0.717, 1.165) is 22.4 Å². The molecule has 2 atom stereocenters. The van der Waals surface area contributed by atoms with E-state index in [4.69, 9.17) is 0 Å². The highest BCUT2D eigenvalue weighted by molar-refractivity contribution is 8.16. The number of hydrogen-bond donors (Lipinski definition) is 0. The van der Waals surface area contributed by atoms with Crippen LogP contribution >= 0.6 is 11.8 Å². The lowest BCUT2D eigenvalue weighted by Gasteiger charge is -2.26. The summed E-state index contributed by atoms with van der Waals surface area (Å²) in [5, 5.41) is 0.544. The van der Waals surface area contributed by atoms with Gasteiger partial charge in [0.25, 0.3) is 0 Å². The Kier molecular flexibility index (Phi) is 5.53. The Balaban J connectivity index is 1.62. The number of carbonyl (C=O) groups is 1. The van der Waals surface area contributed by atoms with E-state index in [9.17, 15) is 13.2 Å². The SMILES string of the molecule is Cc1cccc(N2C(=NC(=O)CCc3ccccc3)S[C@H]3CS(=O)(=O)C[C@@H]32)c1C. The summed E-state index contributed by atoms with van der Waals surface area (Å²) in [7, 11) is -3.07. The average Bonchev–Trinajstić information content (AvgIpc) is 3.14. The number of sulfone groups is 1. The smallest absolute Gasteiger partial charge is 0.248 e. The number of aliphatic imine (C=N–C) groups is 1. The van der Waals surface area contributed by atoms with Crippen molar-refractivity contribution in [2.24, 2.45) is 4.99 Å². The lowest BCUT2D eigenvalue weighted by atomic mass is 10.1. The summed E-state index contributed by atoms with van der Waals surface area (Å²) < 4.78 is 24.4. The molecule has 0 saturated carbocycles. The fourth-order valence-electron chi connectivity index (χ4n) is 3.90. The van der Waals surface area contributed by atoms with Crippen molar-refractivity contribution < 1.29 is 13.2 Å². The molecule has 0 aliphatic carbocycles. The van der Waals surface area contributed by atoms with Gasteiger partial charge in [-0.3, -0.25) is 4.79 Å². The van der Waals surface area contributed by atoms with E-state index in [-0.39, 0.29) is 28.7 Å². The highest BCUT2D eigenvalue weighted by Gasteiger charge is 2.49. The van der Waals surface area contributed by atoms with Gasteiger partial charge in [-0.2, -0.15) is 4.99 Å². The van der Waals surface area contributed by atoms with E-state index in [2.05, 4.69) is 4.99 Å². The Bertz CT molecular complexity index is 1060. The zero-order valence-electron chi connectivity index (χ0n) is 16.5. The van der Waals surface area contributed by atoms with E-state index in [0.29, 0.717) is 18.0 Å². The lowest BCUT2D eigenvalue weighted by Crippen LogP contribution is -2.38. The van der Waals surface area contributed by atoms with Gasteiger partial charge in [-0.25, -0.2) is 8.42 Å². The summed E-state index contributed by atoms with van der Waals surface area (Å²) in [5.41, 5.74) is 4.26. The van der Waals surface area contributed by atoms with Gasteiger partial charge in [-0.05, 0) is 43.0 Å². The molecule has 2 aromatic rings. The fraction of sp³-hybridized carbons (Fsp3) is 0.364. The second kappa shape index (κ2) is 7.95. The van der Waals surface area contributed by atoms with Gasteiger partial charge in [-0.1, -0.05) is 54.2 Å². The normalized spacial score (nSPS) is 24.1. The maximum atomic E-state index is 12.6. The molecule has 2 aliphatic heterocycles. The zero-order chi connectivity index (χ0) is 20.6. The van der Waals surface area contributed by atoms with Crippen molar-refractivity contribution in [2.75, 3.05) is 16.4 Å². The number of thioether (sulfide) groups is 1. The van der Waals surface area contributed by atoms with Crippen molar-refractivity contribution in [3.8, 4) is 0 Å². The molecule has 29 heavy (non-hydrogen) atoms. The molecule has 0 spiro atoms. The van der Waals surface area contributed by atoms with Gasteiger partial charge in [-0.15, -0.1) is 0 Å². The molecule has 7 heteroatoms. The first-order chi connectivity index (χ1) is 13.8. The van der Waals surface area contributed by atoms with Gasteiger partial charge in [0.2, 0.25) is 5.91 Å². The summed E-state index contributed by atoms with van der Waals surface area (Å²) in [6.07, 6.45) is 0.980. The van der Waals surface area contributed by atoms with Crippen LogP contribution in [0.2, 0.25) is 0 Å². The van der Waals surface area contributed by atoms with Crippen LogP contribution in [0, 0.1) is 13.8 Å². The van der Waals surface area contributed by atoms with Gasteiger partial charge in [0.05, 0.1) is 17.5 Å². The van der Waals surface area contributed by atoms with Crippen molar-refractivity contribution >= 4 is 38.4 Å². The Morgan fingerprint density at radius 2 is 1.86 bits per heavy atom. The minimum atomic E-state index is -3.07. The molecule has 2 aliphatic rings. The standard InChI is InChI=1S/C22H24N2O3S2/c1-15-7-6-10-18(16(15)2)24-19-13-29(26,27)14-20(19)28-22(24)23-21(25)12-11-17-8-4-3-5-9-17/h3-10,19-20H,11-14H2,1-2H3/t19-,20-/m0/s1. The van der Waals surface area contributed by atoms with E-state index in [1.807, 2.05) is 67.3 Å². The quantitative estimate of drug-likeness (QED) is 0.745. The summed E-state index contributed by atoms with van der Waals surface area (Å²) in [4.78, 5) is 19.0.